The number of hydrogen-bond donors (Lipinski definition) is 2. The molecule has 0 fully saturated rings. The van der Waals surface area contributed by atoms with Crippen molar-refractivity contribution in [2.75, 3.05) is 5.32 Å². The largest absolute Gasteiger partial charge is 0.430 e. The van der Waals surface area contributed by atoms with Crippen LogP contribution in [0.1, 0.15) is 20.7 Å². The standard InChI is InChI=1S/C13H10N2O4/c14-12(17)9-3-1-2-4-10(9)15-13(18)8-5-6-11(16)19-7-8/h1-7H,(H2,14,17)(H,15,18). The summed E-state index contributed by atoms with van der Waals surface area (Å²) in [7, 11) is 0. The summed E-state index contributed by atoms with van der Waals surface area (Å²) < 4.78 is 4.59. The molecule has 1 aromatic heterocycles. The minimum Gasteiger partial charge on any atom is -0.430 e. The molecule has 1 heterocycles. The third kappa shape index (κ3) is 2.86. The van der Waals surface area contributed by atoms with Crippen molar-refractivity contribution in [2.24, 2.45) is 5.73 Å². The maximum Gasteiger partial charge on any atom is 0.335 e. The van der Waals surface area contributed by atoms with Crippen molar-refractivity contribution in [1.29, 1.82) is 0 Å². The van der Waals surface area contributed by atoms with Gasteiger partial charge in [0.15, 0.2) is 0 Å². The highest BCUT2D eigenvalue weighted by atomic mass is 16.4. The summed E-state index contributed by atoms with van der Waals surface area (Å²) in [5, 5.41) is 2.53. The van der Waals surface area contributed by atoms with Crippen molar-refractivity contribution < 1.29 is 14.0 Å². The number of benzene rings is 1. The summed E-state index contributed by atoms with van der Waals surface area (Å²) in [4.78, 5) is 33.9. The summed E-state index contributed by atoms with van der Waals surface area (Å²) in [6, 6.07) is 8.81. The Morgan fingerprint density at radius 3 is 2.47 bits per heavy atom. The molecule has 0 saturated carbocycles. The van der Waals surface area contributed by atoms with E-state index in [1.807, 2.05) is 0 Å². The molecule has 3 N–H and O–H groups in total. The first-order valence-electron chi connectivity index (χ1n) is 5.37. The lowest BCUT2D eigenvalue weighted by molar-refractivity contribution is 0.100. The maximum absolute atomic E-state index is 11.9. The fourth-order valence-electron chi connectivity index (χ4n) is 1.49. The average molecular weight is 258 g/mol. The van der Waals surface area contributed by atoms with Crippen LogP contribution in [0.15, 0.2) is 51.9 Å². The molecule has 6 nitrogen and oxygen atoms in total. The summed E-state index contributed by atoms with van der Waals surface area (Å²) in [6.07, 6.45) is 1.05. The molecule has 0 aliphatic rings. The lowest BCUT2D eigenvalue weighted by atomic mass is 10.1. The molecule has 0 atom stereocenters. The van der Waals surface area contributed by atoms with Crippen LogP contribution in [0.4, 0.5) is 5.69 Å². The smallest absolute Gasteiger partial charge is 0.335 e. The molecule has 2 aromatic rings. The Balaban J connectivity index is 2.26. The molecule has 2 amide bonds. The summed E-state index contributed by atoms with van der Waals surface area (Å²) in [6.45, 7) is 0. The van der Waals surface area contributed by atoms with Crippen LogP contribution >= 0.6 is 0 Å². The van der Waals surface area contributed by atoms with Crippen LogP contribution in [0.2, 0.25) is 0 Å². The Morgan fingerprint density at radius 1 is 1.11 bits per heavy atom. The van der Waals surface area contributed by atoms with Gasteiger partial charge in [0.05, 0.1) is 16.8 Å². The van der Waals surface area contributed by atoms with E-state index in [2.05, 4.69) is 9.73 Å². The van der Waals surface area contributed by atoms with Crippen molar-refractivity contribution in [2.45, 2.75) is 0 Å². The Bertz CT molecular complexity index is 671. The first kappa shape index (κ1) is 12.6. The fourth-order valence-corrected chi connectivity index (χ4v) is 1.49. The fraction of sp³-hybridized carbons (Fsp3) is 0. The highest BCUT2D eigenvalue weighted by molar-refractivity contribution is 6.08. The molecule has 0 aliphatic heterocycles. The van der Waals surface area contributed by atoms with Gasteiger partial charge in [0.25, 0.3) is 11.8 Å². The van der Waals surface area contributed by atoms with Crippen molar-refractivity contribution in [3.05, 3.63) is 64.2 Å². The minimum atomic E-state index is -0.643. The van der Waals surface area contributed by atoms with Gasteiger partial charge in [0.2, 0.25) is 0 Å². The number of nitrogens with two attached hydrogens (primary N) is 1. The molecule has 2 rings (SSSR count). The van der Waals surface area contributed by atoms with Crippen molar-refractivity contribution in [3.8, 4) is 0 Å². The number of carbonyl (C=O) groups excluding carboxylic acids is 2. The summed E-state index contributed by atoms with van der Waals surface area (Å²) >= 11 is 0. The molecule has 0 unspecified atom stereocenters. The Morgan fingerprint density at radius 2 is 1.84 bits per heavy atom. The maximum atomic E-state index is 11.9. The number of carbonyl (C=O) groups is 2. The Kier molecular flexibility index (Phi) is 3.42. The molecule has 6 heteroatoms. The van der Waals surface area contributed by atoms with Gasteiger partial charge >= 0.3 is 5.63 Å². The van der Waals surface area contributed by atoms with Crippen LogP contribution in [-0.4, -0.2) is 11.8 Å². The first-order chi connectivity index (χ1) is 9.08. The highest BCUT2D eigenvalue weighted by Crippen LogP contribution is 2.15. The van der Waals surface area contributed by atoms with Crippen LogP contribution < -0.4 is 16.7 Å². The Hall–Kier alpha value is -2.89. The predicted molar refractivity (Wildman–Crippen MR) is 67.9 cm³/mol. The number of hydrogen-bond acceptors (Lipinski definition) is 4. The van der Waals surface area contributed by atoms with E-state index in [0.29, 0.717) is 5.69 Å². The second-order valence-electron chi connectivity index (χ2n) is 3.71. The molecule has 1 aromatic carbocycles. The average Bonchev–Trinajstić information content (AvgIpc) is 2.39. The van der Waals surface area contributed by atoms with Crippen LogP contribution in [0.25, 0.3) is 0 Å². The van der Waals surface area contributed by atoms with Gasteiger partial charge in [0.1, 0.15) is 6.26 Å². The zero-order valence-corrected chi connectivity index (χ0v) is 9.75. The van der Waals surface area contributed by atoms with Crippen molar-refractivity contribution >= 4 is 17.5 Å². The number of para-hydroxylation sites is 1. The summed E-state index contributed by atoms with van der Waals surface area (Å²) in [5.74, 6) is -1.15. The zero-order valence-electron chi connectivity index (χ0n) is 9.75. The van der Waals surface area contributed by atoms with Gasteiger partial charge in [-0.2, -0.15) is 0 Å². The van der Waals surface area contributed by atoms with Gasteiger partial charge in [-0.3, -0.25) is 9.59 Å². The van der Waals surface area contributed by atoms with E-state index in [1.165, 1.54) is 12.1 Å². The van der Waals surface area contributed by atoms with E-state index < -0.39 is 17.4 Å². The number of nitrogens with one attached hydrogen (secondary N) is 1. The third-order valence-corrected chi connectivity index (χ3v) is 2.40. The third-order valence-electron chi connectivity index (χ3n) is 2.40. The van der Waals surface area contributed by atoms with Crippen molar-refractivity contribution in [1.82, 2.24) is 0 Å². The highest BCUT2D eigenvalue weighted by Gasteiger charge is 2.12. The Labute approximate surface area is 107 Å². The molecule has 0 bridgehead atoms. The number of rotatable bonds is 3. The van der Waals surface area contributed by atoms with E-state index in [4.69, 9.17) is 5.73 Å². The van der Waals surface area contributed by atoms with Crippen LogP contribution in [0, 0.1) is 0 Å². The number of amides is 2. The normalized spacial score (nSPS) is 9.89. The number of primary amides is 1. The van der Waals surface area contributed by atoms with E-state index in [-0.39, 0.29) is 11.1 Å². The molecule has 96 valence electrons. The van der Waals surface area contributed by atoms with E-state index >= 15 is 0 Å². The first-order valence-corrected chi connectivity index (χ1v) is 5.37. The van der Waals surface area contributed by atoms with Gasteiger partial charge in [-0.15, -0.1) is 0 Å². The van der Waals surface area contributed by atoms with Gasteiger partial charge in [-0.1, -0.05) is 12.1 Å². The van der Waals surface area contributed by atoms with Gasteiger partial charge in [0, 0.05) is 6.07 Å². The quantitative estimate of drug-likeness (QED) is 0.856. The predicted octanol–water partition coefficient (Wildman–Crippen LogP) is 0.991. The van der Waals surface area contributed by atoms with E-state index in [1.54, 1.807) is 18.2 Å². The van der Waals surface area contributed by atoms with E-state index in [0.717, 1.165) is 12.3 Å². The van der Waals surface area contributed by atoms with Crippen molar-refractivity contribution in [3.63, 3.8) is 0 Å². The lowest BCUT2D eigenvalue weighted by Gasteiger charge is -2.08. The topological polar surface area (TPSA) is 102 Å². The second-order valence-corrected chi connectivity index (χ2v) is 3.71. The molecule has 0 aliphatic carbocycles. The molecular formula is C13H10N2O4. The molecule has 0 spiro atoms. The van der Waals surface area contributed by atoms with Gasteiger partial charge < -0.3 is 15.5 Å². The SMILES string of the molecule is NC(=O)c1ccccc1NC(=O)c1ccc(=O)oc1. The number of anilines is 1. The van der Waals surface area contributed by atoms with Gasteiger partial charge in [-0.05, 0) is 18.2 Å². The zero-order chi connectivity index (χ0) is 13.8. The molecular weight excluding hydrogens is 248 g/mol. The van der Waals surface area contributed by atoms with Gasteiger partial charge in [-0.25, -0.2) is 4.79 Å². The molecule has 0 saturated heterocycles. The van der Waals surface area contributed by atoms with Crippen LogP contribution in [0.5, 0.6) is 0 Å². The minimum absolute atomic E-state index is 0.166. The monoisotopic (exact) mass is 258 g/mol. The second kappa shape index (κ2) is 5.18. The lowest BCUT2D eigenvalue weighted by Crippen LogP contribution is -2.18. The van der Waals surface area contributed by atoms with Crippen LogP contribution in [0.3, 0.4) is 0 Å². The molecule has 19 heavy (non-hydrogen) atoms. The summed E-state index contributed by atoms with van der Waals surface area (Å²) in [5.41, 5.74) is 5.32. The van der Waals surface area contributed by atoms with Crippen LogP contribution in [-0.2, 0) is 0 Å². The van der Waals surface area contributed by atoms with E-state index in [9.17, 15) is 14.4 Å². The molecule has 0 radical (unpaired) electrons.